The van der Waals surface area contributed by atoms with E-state index in [1.54, 1.807) is 0 Å². The molecule has 0 aliphatic heterocycles. The van der Waals surface area contributed by atoms with Crippen LogP contribution in [0.3, 0.4) is 0 Å². The van der Waals surface area contributed by atoms with Gasteiger partial charge in [-0.3, -0.25) is 4.79 Å². The lowest BCUT2D eigenvalue weighted by Crippen LogP contribution is -2.16. The Morgan fingerprint density at radius 1 is 0.895 bits per heavy atom. The van der Waals surface area contributed by atoms with Gasteiger partial charge in [0.25, 0.3) is 0 Å². The number of carboxylic acid groups (broad SMARTS) is 1. The summed E-state index contributed by atoms with van der Waals surface area (Å²) < 4.78 is 0. The van der Waals surface area contributed by atoms with Crippen LogP contribution in [0.25, 0.3) is 0 Å². The molecule has 1 N–H and O–H groups in total. The van der Waals surface area contributed by atoms with Crippen LogP contribution in [-0.4, -0.2) is 11.1 Å². The summed E-state index contributed by atoms with van der Waals surface area (Å²) >= 11 is 0. The van der Waals surface area contributed by atoms with E-state index in [4.69, 9.17) is 0 Å². The first-order chi connectivity index (χ1) is 9.23. The van der Waals surface area contributed by atoms with Gasteiger partial charge in [0, 0.05) is 10.8 Å². The van der Waals surface area contributed by atoms with Crippen molar-refractivity contribution in [2.24, 2.45) is 5.92 Å². The summed E-state index contributed by atoms with van der Waals surface area (Å²) in [5, 5.41) is 9.51. The van der Waals surface area contributed by atoms with Gasteiger partial charge in [0.05, 0.1) is 5.92 Å². The molecule has 2 aromatic rings. The van der Waals surface area contributed by atoms with Crippen LogP contribution in [-0.2, 0) is 15.6 Å². The Morgan fingerprint density at radius 3 is 1.68 bits per heavy atom. The van der Waals surface area contributed by atoms with Crippen molar-refractivity contribution >= 4 is 5.97 Å². The second kappa shape index (κ2) is 3.27. The van der Waals surface area contributed by atoms with Gasteiger partial charge in [0.15, 0.2) is 0 Å². The molecule has 0 amide bonds. The van der Waals surface area contributed by atoms with Crippen molar-refractivity contribution < 1.29 is 9.90 Å². The van der Waals surface area contributed by atoms with Crippen LogP contribution in [0, 0.1) is 5.92 Å². The standard InChI is InChI=1S/C17H14O2/c18-15(19)14-16(12-7-3-1-4-8-12)11-17(14,16)13-9-5-2-6-10-13/h1-10,14H,11H2,(H,18,19). The van der Waals surface area contributed by atoms with Crippen LogP contribution in [0.5, 0.6) is 0 Å². The van der Waals surface area contributed by atoms with Crippen LogP contribution < -0.4 is 0 Å². The molecule has 0 bridgehead atoms. The fourth-order valence-corrected chi connectivity index (χ4v) is 4.01. The third-order valence-electron chi connectivity index (χ3n) is 4.96. The molecule has 2 heteroatoms. The molecule has 0 heterocycles. The third-order valence-corrected chi connectivity index (χ3v) is 4.96. The highest BCUT2D eigenvalue weighted by Gasteiger charge is 2.94. The van der Waals surface area contributed by atoms with E-state index in [2.05, 4.69) is 24.3 Å². The van der Waals surface area contributed by atoms with E-state index in [1.807, 2.05) is 36.4 Å². The van der Waals surface area contributed by atoms with Gasteiger partial charge in [0.1, 0.15) is 0 Å². The van der Waals surface area contributed by atoms with E-state index in [0.29, 0.717) is 0 Å². The molecule has 4 rings (SSSR count). The van der Waals surface area contributed by atoms with Gasteiger partial charge in [-0.15, -0.1) is 0 Å². The number of hydrogen-bond acceptors (Lipinski definition) is 1. The Labute approximate surface area is 111 Å². The fraction of sp³-hybridized carbons (Fsp3) is 0.235. The van der Waals surface area contributed by atoms with Gasteiger partial charge in [-0.05, 0) is 17.5 Å². The highest BCUT2D eigenvalue weighted by atomic mass is 16.4. The van der Waals surface area contributed by atoms with Gasteiger partial charge in [-0.1, -0.05) is 60.7 Å². The Morgan fingerprint density at radius 2 is 1.32 bits per heavy atom. The number of hydrogen-bond donors (Lipinski definition) is 1. The highest BCUT2D eigenvalue weighted by molar-refractivity contribution is 5.88. The molecule has 0 spiro atoms. The lowest BCUT2D eigenvalue weighted by Gasteiger charge is -2.10. The molecule has 2 aromatic carbocycles. The molecule has 94 valence electrons. The van der Waals surface area contributed by atoms with Crippen molar-refractivity contribution in [2.75, 3.05) is 0 Å². The van der Waals surface area contributed by atoms with E-state index in [1.165, 1.54) is 11.1 Å². The molecule has 2 aliphatic carbocycles. The van der Waals surface area contributed by atoms with E-state index >= 15 is 0 Å². The maximum atomic E-state index is 11.6. The Kier molecular flexibility index (Phi) is 1.86. The summed E-state index contributed by atoms with van der Waals surface area (Å²) in [7, 11) is 0. The average Bonchev–Trinajstić information content (AvgIpc) is 3.26. The summed E-state index contributed by atoms with van der Waals surface area (Å²) in [4.78, 5) is 11.6. The molecule has 2 unspecified atom stereocenters. The molecule has 0 saturated heterocycles. The zero-order chi connectivity index (χ0) is 13.1. The third kappa shape index (κ3) is 1.10. The number of carboxylic acids is 1. The monoisotopic (exact) mass is 250 g/mol. The van der Waals surface area contributed by atoms with Gasteiger partial charge in [0.2, 0.25) is 0 Å². The summed E-state index contributed by atoms with van der Waals surface area (Å²) in [5.41, 5.74) is 2.04. The Bertz CT molecular complexity index is 598. The van der Waals surface area contributed by atoms with Gasteiger partial charge in [-0.25, -0.2) is 0 Å². The quantitative estimate of drug-likeness (QED) is 0.909. The minimum absolute atomic E-state index is 0.151. The second-order valence-electron chi connectivity index (χ2n) is 5.62. The van der Waals surface area contributed by atoms with Crippen molar-refractivity contribution in [3.63, 3.8) is 0 Å². The first kappa shape index (κ1) is 10.8. The Hall–Kier alpha value is -2.09. The summed E-state index contributed by atoms with van der Waals surface area (Å²) in [6.07, 6.45) is 0.963. The molecular formula is C17H14O2. The second-order valence-corrected chi connectivity index (χ2v) is 5.62. The minimum Gasteiger partial charge on any atom is -0.481 e. The molecule has 2 nitrogen and oxygen atoms in total. The van der Waals surface area contributed by atoms with Crippen LogP contribution in [0.4, 0.5) is 0 Å². The smallest absolute Gasteiger partial charge is 0.308 e. The molecule has 0 aromatic heterocycles. The Balaban J connectivity index is 1.82. The van der Waals surface area contributed by atoms with Crippen molar-refractivity contribution in [3.8, 4) is 0 Å². The molecule has 19 heavy (non-hydrogen) atoms. The van der Waals surface area contributed by atoms with Crippen molar-refractivity contribution in [2.45, 2.75) is 17.3 Å². The van der Waals surface area contributed by atoms with Crippen LogP contribution >= 0.6 is 0 Å². The number of benzene rings is 2. The summed E-state index contributed by atoms with van der Waals surface area (Å²) in [6, 6.07) is 20.2. The zero-order valence-electron chi connectivity index (χ0n) is 10.4. The summed E-state index contributed by atoms with van der Waals surface area (Å²) in [5.74, 6) is -0.927. The highest BCUT2D eigenvalue weighted by Crippen LogP contribution is 2.89. The molecule has 0 radical (unpaired) electrons. The molecule has 2 aliphatic rings. The number of rotatable bonds is 3. The number of fused-ring (bicyclic) bond motifs is 1. The molecule has 2 saturated carbocycles. The van der Waals surface area contributed by atoms with Crippen molar-refractivity contribution in [1.29, 1.82) is 0 Å². The van der Waals surface area contributed by atoms with Crippen molar-refractivity contribution in [3.05, 3.63) is 71.8 Å². The largest absolute Gasteiger partial charge is 0.481 e. The normalized spacial score (nSPS) is 34.4. The number of aliphatic carboxylic acids is 1. The lowest BCUT2D eigenvalue weighted by atomic mass is 9.94. The summed E-state index contributed by atoms with van der Waals surface area (Å²) in [6.45, 7) is 0. The minimum atomic E-state index is -0.668. The first-order valence-corrected chi connectivity index (χ1v) is 6.57. The SMILES string of the molecule is O=C(O)C1C2(c3ccccc3)CC12c1ccccc1. The molecule has 2 fully saturated rings. The van der Waals surface area contributed by atoms with Gasteiger partial charge >= 0.3 is 5.97 Å². The van der Waals surface area contributed by atoms with E-state index in [-0.39, 0.29) is 16.7 Å². The maximum absolute atomic E-state index is 11.6. The van der Waals surface area contributed by atoms with E-state index in [9.17, 15) is 9.90 Å². The van der Waals surface area contributed by atoms with Crippen molar-refractivity contribution in [1.82, 2.24) is 0 Å². The molecular weight excluding hydrogens is 236 g/mol. The van der Waals surface area contributed by atoms with Crippen LogP contribution in [0.2, 0.25) is 0 Å². The predicted molar refractivity (Wildman–Crippen MR) is 72.0 cm³/mol. The fourth-order valence-electron chi connectivity index (χ4n) is 4.01. The predicted octanol–water partition coefficient (Wildman–Crippen LogP) is 2.98. The number of carbonyl (C=O) groups is 1. The maximum Gasteiger partial charge on any atom is 0.308 e. The van der Waals surface area contributed by atoms with Crippen LogP contribution in [0.1, 0.15) is 17.5 Å². The van der Waals surface area contributed by atoms with Crippen LogP contribution in [0.15, 0.2) is 60.7 Å². The van der Waals surface area contributed by atoms with E-state index < -0.39 is 5.97 Å². The van der Waals surface area contributed by atoms with Gasteiger partial charge < -0.3 is 5.11 Å². The topological polar surface area (TPSA) is 37.3 Å². The van der Waals surface area contributed by atoms with Gasteiger partial charge in [-0.2, -0.15) is 0 Å². The average molecular weight is 250 g/mol. The first-order valence-electron chi connectivity index (χ1n) is 6.57. The van der Waals surface area contributed by atoms with E-state index in [0.717, 1.165) is 6.42 Å². The zero-order valence-corrected chi connectivity index (χ0v) is 10.4. The molecule has 2 atom stereocenters. The lowest BCUT2D eigenvalue weighted by molar-refractivity contribution is -0.140.